The molecular weight excluding hydrogens is 306 g/mol. The normalized spacial score (nSPS) is 34.0. The first-order valence-corrected chi connectivity index (χ1v) is 9.25. The van der Waals surface area contributed by atoms with Crippen LogP contribution < -0.4 is 5.32 Å². The van der Waals surface area contributed by atoms with E-state index in [1.165, 1.54) is 19.3 Å². The number of rotatable bonds is 5. The van der Waals surface area contributed by atoms with E-state index < -0.39 is 17.3 Å². The summed E-state index contributed by atoms with van der Waals surface area (Å²) in [5.41, 5.74) is -0.957. The molecule has 5 nitrogen and oxygen atoms in total. The van der Waals surface area contributed by atoms with Crippen molar-refractivity contribution < 1.29 is 19.1 Å². The van der Waals surface area contributed by atoms with Gasteiger partial charge in [0.15, 0.2) is 6.61 Å². The first-order chi connectivity index (χ1) is 11.2. The fourth-order valence-electron chi connectivity index (χ4n) is 5.15. The molecule has 0 saturated heterocycles. The van der Waals surface area contributed by atoms with Crippen LogP contribution in [0.3, 0.4) is 0 Å². The maximum absolute atomic E-state index is 12.7. The van der Waals surface area contributed by atoms with Crippen LogP contribution in [-0.2, 0) is 19.1 Å². The van der Waals surface area contributed by atoms with Crippen LogP contribution in [-0.4, -0.2) is 24.4 Å². The second kappa shape index (κ2) is 6.16. The van der Waals surface area contributed by atoms with Crippen LogP contribution in [0.4, 0.5) is 0 Å². The number of hydrogen-bond acceptors (Lipinski definition) is 4. The molecule has 24 heavy (non-hydrogen) atoms. The Kier molecular flexibility index (Phi) is 4.47. The molecule has 4 saturated carbocycles. The van der Waals surface area contributed by atoms with Gasteiger partial charge in [0, 0.05) is 0 Å². The van der Waals surface area contributed by atoms with Gasteiger partial charge in [0.05, 0.1) is 10.8 Å². The molecule has 4 rings (SSSR count). The van der Waals surface area contributed by atoms with Gasteiger partial charge in [-0.2, -0.15) is 0 Å². The number of carbonyl (C=O) groups is 3. The summed E-state index contributed by atoms with van der Waals surface area (Å²) >= 11 is 0. The highest BCUT2D eigenvalue weighted by Gasteiger charge is 2.54. The summed E-state index contributed by atoms with van der Waals surface area (Å²) < 4.78 is 5.08. The minimum Gasteiger partial charge on any atom is -0.455 e. The lowest BCUT2D eigenvalue weighted by atomic mass is 9.49. The van der Waals surface area contributed by atoms with Crippen LogP contribution >= 0.6 is 0 Å². The standard InChI is InChI=1S/C19H29NO4/c1-4-18(2,3)17(23)24-11-15(21)20-16(22)19-8-12-5-13(9-19)7-14(6-12)10-19/h12-14H,4-11H2,1-3H3,(H,20,21,22). The van der Waals surface area contributed by atoms with Crippen LogP contribution in [0.25, 0.3) is 0 Å². The Hall–Kier alpha value is -1.39. The highest BCUT2D eigenvalue weighted by Crippen LogP contribution is 2.60. The average molecular weight is 335 g/mol. The fourth-order valence-corrected chi connectivity index (χ4v) is 5.15. The van der Waals surface area contributed by atoms with Crippen LogP contribution in [0, 0.1) is 28.6 Å². The molecule has 0 spiro atoms. The molecule has 0 atom stereocenters. The maximum atomic E-state index is 12.7. The van der Waals surface area contributed by atoms with Gasteiger partial charge >= 0.3 is 5.97 Å². The highest BCUT2D eigenvalue weighted by atomic mass is 16.5. The van der Waals surface area contributed by atoms with E-state index in [2.05, 4.69) is 5.32 Å². The largest absolute Gasteiger partial charge is 0.455 e. The molecule has 0 heterocycles. The molecule has 0 aromatic heterocycles. The minimum atomic E-state index is -0.607. The van der Waals surface area contributed by atoms with E-state index in [0.29, 0.717) is 24.2 Å². The van der Waals surface area contributed by atoms with Crippen LogP contribution in [0.15, 0.2) is 0 Å². The van der Waals surface area contributed by atoms with Gasteiger partial charge in [-0.15, -0.1) is 0 Å². The second-order valence-electron chi connectivity index (χ2n) is 8.89. The zero-order valence-corrected chi connectivity index (χ0v) is 15.0. The Morgan fingerprint density at radius 1 is 1.04 bits per heavy atom. The van der Waals surface area contributed by atoms with Crippen molar-refractivity contribution in [2.45, 2.75) is 65.7 Å². The van der Waals surface area contributed by atoms with E-state index in [9.17, 15) is 14.4 Å². The number of esters is 1. The number of carbonyl (C=O) groups excluding carboxylic acids is 3. The van der Waals surface area contributed by atoms with E-state index in [0.717, 1.165) is 19.3 Å². The molecule has 2 amide bonds. The summed E-state index contributed by atoms with van der Waals surface area (Å²) in [6.45, 7) is 5.10. The molecule has 0 unspecified atom stereocenters. The number of imide groups is 1. The summed E-state index contributed by atoms with van der Waals surface area (Å²) in [7, 11) is 0. The number of hydrogen-bond donors (Lipinski definition) is 1. The molecule has 4 aliphatic rings. The first kappa shape index (κ1) is 17.4. The van der Waals surface area contributed by atoms with Crippen LogP contribution in [0.5, 0.6) is 0 Å². The predicted molar refractivity (Wildman–Crippen MR) is 88.8 cm³/mol. The molecule has 4 bridgehead atoms. The van der Waals surface area contributed by atoms with Crippen molar-refractivity contribution in [3.05, 3.63) is 0 Å². The lowest BCUT2D eigenvalue weighted by molar-refractivity contribution is -0.160. The van der Waals surface area contributed by atoms with E-state index in [1.54, 1.807) is 13.8 Å². The quantitative estimate of drug-likeness (QED) is 0.784. The Balaban J connectivity index is 1.54. The van der Waals surface area contributed by atoms with Crippen molar-refractivity contribution in [3.63, 3.8) is 0 Å². The Bertz CT molecular complexity index is 516. The van der Waals surface area contributed by atoms with Gasteiger partial charge in [-0.1, -0.05) is 6.92 Å². The summed E-state index contributed by atoms with van der Waals surface area (Å²) in [5, 5.41) is 2.51. The Morgan fingerprint density at radius 3 is 2.00 bits per heavy atom. The van der Waals surface area contributed by atoms with Crippen LogP contribution in [0.1, 0.15) is 65.7 Å². The highest BCUT2D eigenvalue weighted by molar-refractivity contribution is 5.99. The Morgan fingerprint density at radius 2 is 1.54 bits per heavy atom. The molecule has 0 aromatic carbocycles. The monoisotopic (exact) mass is 335 g/mol. The predicted octanol–water partition coefficient (Wildman–Crippen LogP) is 2.83. The van der Waals surface area contributed by atoms with Crippen molar-refractivity contribution in [1.29, 1.82) is 0 Å². The smallest absolute Gasteiger partial charge is 0.312 e. The zero-order valence-electron chi connectivity index (χ0n) is 15.0. The number of nitrogens with one attached hydrogen (secondary N) is 1. The lowest BCUT2D eigenvalue weighted by Crippen LogP contribution is -2.55. The van der Waals surface area contributed by atoms with Gasteiger partial charge in [-0.25, -0.2) is 0 Å². The molecular formula is C19H29NO4. The third kappa shape index (κ3) is 3.22. The minimum absolute atomic E-state index is 0.141. The van der Waals surface area contributed by atoms with Gasteiger partial charge in [-0.3, -0.25) is 19.7 Å². The van der Waals surface area contributed by atoms with E-state index in [1.807, 2.05) is 6.92 Å². The van der Waals surface area contributed by atoms with Crippen molar-refractivity contribution in [1.82, 2.24) is 5.32 Å². The molecule has 0 radical (unpaired) electrons. The van der Waals surface area contributed by atoms with Crippen molar-refractivity contribution in [2.75, 3.05) is 6.61 Å². The van der Waals surface area contributed by atoms with Crippen molar-refractivity contribution in [2.24, 2.45) is 28.6 Å². The van der Waals surface area contributed by atoms with Gasteiger partial charge in [0.1, 0.15) is 0 Å². The molecule has 4 fully saturated rings. The third-order valence-electron chi connectivity index (χ3n) is 6.54. The molecule has 4 aliphatic carbocycles. The van der Waals surface area contributed by atoms with Gasteiger partial charge in [-0.05, 0) is 76.5 Å². The molecule has 0 aliphatic heterocycles. The Labute approximate surface area is 143 Å². The third-order valence-corrected chi connectivity index (χ3v) is 6.54. The average Bonchev–Trinajstić information content (AvgIpc) is 2.51. The molecule has 0 aromatic rings. The van der Waals surface area contributed by atoms with Gasteiger partial charge in [0.25, 0.3) is 5.91 Å². The van der Waals surface area contributed by atoms with Gasteiger partial charge in [0.2, 0.25) is 5.91 Å². The van der Waals surface area contributed by atoms with E-state index in [4.69, 9.17) is 4.74 Å². The lowest BCUT2D eigenvalue weighted by Gasteiger charge is -2.55. The fraction of sp³-hybridized carbons (Fsp3) is 0.842. The van der Waals surface area contributed by atoms with Crippen molar-refractivity contribution in [3.8, 4) is 0 Å². The number of amides is 2. The molecule has 134 valence electrons. The van der Waals surface area contributed by atoms with Crippen LogP contribution in [0.2, 0.25) is 0 Å². The number of ether oxygens (including phenoxy) is 1. The van der Waals surface area contributed by atoms with E-state index >= 15 is 0 Å². The van der Waals surface area contributed by atoms with Crippen molar-refractivity contribution >= 4 is 17.8 Å². The summed E-state index contributed by atoms with van der Waals surface area (Å²) in [6.07, 6.45) is 7.15. The van der Waals surface area contributed by atoms with Gasteiger partial charge < -0.3 is 4.74 Å². The SMILES string of the molecule is CCC(C)(C)C(=O)OCC(=O)NC(=O)C12CC3CC(CC(C3)C1)C2. The summed E-state index contributed by atoms with van der Waals surface area (Å²) in [5.74, 6) is 0.914. The maximum Gasteiger partial charge on any atom is 0.312 e. The summed E-state index contributed by atoms with van der Waals surface area (Å²) in [4.78, 5) is 36.7. The molecule has 1 N–H and O–H groups in total. The van der Waals surface area contributed by atoms with E-state index in [-0.39, 0.29) is 17.9 Å². The zero-order chi connectivity index (χ0) is 17.5. The molecule has 5 heteroatoms. The second-order valence-corrected chi connectivity index (χ2v) is 8.89. The topological polar surface area (TPSA) is 72.5 Å². The summed E-state index contributed by atoms with van der Waals surface area (Å²) in [6, 6.07) is 0. The first-order valence-electron chi connectivity index (χ1n) is 9.25.